The molecule has 1 amide bonds. The van der Waals surface area contributed by atoms with E-state index >= 15 is 0 Å². The van der Waals surface area contributed by atoms with Gasteiger partial charge in [-0.15, -0.1) is 0 Å². The smallest absolute Gasteiger partial charge is 0.258 e. The van der Waals surface area contributed by atoms with Crippen LogP contribution < -0.4 is 16.6 Å². The number of phenolic OH excluding ortho intramolecular Hbond substituents is 1. The molecule has 29 heavy (non-hydrogen) atoms. The Morgan fingerprint density at radius 2 is 1.79 bits per heavy atom. The maximum Gasteiger partial charge on any atom is 0.258 e. The lowest BCUT2D eigenvalue weighted by atomic mass is 9.75. The lowest BCUT2D eigenvalue weighted by molar-refractivity contribution is -0.119. The van der Waals surface area contributed by atoms with Gasteiger partial charge in [-0.3, -0.25) is 19.4 Å². The number of carbonyl (C=O) groups excluding carboxylic acids is 2. The first-order chi connectivity index (χ1) is 13.9. The number of amides is 1. The van der Waals surface area contributed by atoms with Crippen molar-refractivity contribution in [3.8, 4) is 5.75 Å². The van der Waals surface area contributed by atoms with E-state index in [-0.39, 0.29) is 28.6 Å². The molecule has 2 aromatic carbocycles. The number of nitrogen functional groups attached to an aromatic ring is 1. The van der Waals surface area contributed by atoms with Crippen molar-refractivity contribution in [3.63, 3.8) is 0 Å². The summed E-state index contributed by atoms with van der Waals surface area (Å²) in [6.07, 6.45) is 0. The zero-order valence-corrected chi connectivity index (χ0v) is 14.8. The molecule has 2 atom stereocenters. The predicted octanol–water partition coefficient (Wildman–Crippen LogP) is 1.78. The van der Waals surface area contributed by atoms with Crippen molar-refractivity contribution >= 4 is 23.5 Å². The fraction of sp³-hybridized carbons (Fsp3) is 0.100. The van der Waals surface area contributed by atoms with Gasteiger partial charge in [0.2, 0.25) is 11.9 Å². The fourth-order valence-corrected chi connectivity index (χ4v) is 3.55. The molecule has 0 saturated carbocycles. The molecule has 0 radical (unpaired) electrons. The summed E-state index contributed by atoms with van der Waals surface area (Å²) in [5, 5.41) is 12.5. The summed E-state index contributed by atoms with van der Waals surface area (Å²) < 4.78 is 13.5. The number of aromatic amines is 1. The molecule has 2 heterocycles. The number of Topliss-reactive ketones (excluding diaryl/α,β-unsaturated/α-hetero) is 1. The number of anilines is 2. The van der Waals surface area contributed by atoms with E-state index in [2.05, 4.69) is 15.3 Å². The summed E-state index contributed by atoms with van der Waals surface area (Å²) in [6, 6.07) is 10.9. The molecule has 146 valence electrons. The van der Waals surface area contributed by atoms with Gasteiger partial charge in [0.05, 0.1) is 11.1 Å². The van der Waals surface area contributed by atoms with Crippen molar-refractivity contribution < 1.29 is 19.1 Å². The number of aromatic nitrogens is 2. The van der Waals surface area contributed by atoms with Crippen LogP contribution in [0.25, 0.3) is 0 Å². The summed E-state index contributed by atoms with van der Waals surface area (Å²) >= 11 is 0. The molecule has 0 aliphatic carbocycles. The normalized spacial score (nSPS) is 18.0. The van der Waals surface area contributed by atoms with Crippen LogP contribution in [0.2, 0.25) is 0 Å². The van der Waals surface area contributed by atoms with Gasteiger partial charge in [0.15, 0.2) is 5.78 Å². The quantitative estimate of drug-likeness (QED) is 0.395. The highest BCUT2D eigenvalue weighted by Gasteiger charge is 2.44. The number of phenols is 1. The molecule has 1 aliphatic heterocycles. The Morgan fingerprint density at radius 3 is 2.48 bits per heavy atom. The standard InChI is InChI=1S/C20H15FN4O4/c21-10-7-5-9(6-8-10)13-14(16(27)11-3-1-2-4-12(11)26)18(28)23-17-15(13)19(29)25-20(22)24-17/h1-8,13-14,26H,(H4,22,23,24,25,28,29)/t13-,14+/m1/s1. The molecule has 0 fully saturated rings. The summed E-state index contributed by atoms with van der Waals surface area (Å²) in [5.41, 5.74) is 5.27. The maximum atomic E-state index is 13.5. The Labute approximate surface area is 163 Å². The van der Waals surface area contributed by atoms with Gasteiger partial charge in [0.25, 0.3) is 5.56 Å². The number of carbonyl (C=O) groups is 2. The van der Waals surface area contributed by atoms with Crippen molar-refractivity contribution in [2.75, 3.05) is 11.1 Å². The van der Waals surface area contributed by atoms with Crippen LogP contribution in [-0.2, 0) is 4.79 Å². The van der Waals surface area contributed by atoms with Crippen LogP contribution in [0.4, 0.5) is 16.2 Å². The van der Waals surface area contributed by atoms with Gasteiger partial charge in [0, 0.05) is 5.92 Å². The zero-order chi connectivity index (χ0) is 20.7. The Hall–Kier alpha value is -4.01. The second-order valence-electron chi connectivity index (χ2n) is 6.59. The number of nitrogens with zero attached hydrogens (tertiary/aromatic N) is 1. The van der Waals surface area contributed by atoms with Crippen molar-refractivity contribution in [2.24, 2.45) is 5.92 Å². The molecule has 5 N–H and O–H groups in total. The number of benzene rings is 2. The molecule has 8 nitrogen and oxygen atoms in total. The highest BCUT2D eigenvalue weighted by Crippen LogP contribution is 2.40. The topological polar surface area (TPSA) is 138 Å². The van der Waals surface area contributed by atoms with Gasteiger partial charge in [0.1, 0.15) is 23.3 Å². The molecule has 4 rings (SSSR count). The van der Waals surface area contributed by atoms with Crippen molar-refractivity contribution in [2.45, 2.75) is 5.92 Å². The van der Waals surface area contributed by atoms with Crippen molar-refractivity contribution in [1.29, 1.82) is 0 Å². The van der Waals surface area contributed by atoms with Crippen LogP contribution in [-0.4, -0.2) is 26.8 Å². The van der Waals surface area contributed by atoms with Crippen LogP contribution in [0.3, 0.4) is 0 Å². The number of hydrogen-bond donors (Lipinski definition) is 4. The van der Waals surface area contributed by atoms with E-state index in [0.29, 0.717) is 5.56 Å². The van der Waals surface area contributed by atoms with E-state index in [4.69, 9.17) is 5.73 Å². The number of halogens is 1. The number of ketones is 1. The van der Waals surface area contributed by atoms with E-state index < -0.39 is 34.9 Å². The van der Waals surface area contributed by atoms with Gasteiger partial charge in [-0.05, 0) is 29.8 Å². The first kappa shape index (κ1) is 18.4. The first-order valence-electron chi connectivity index (χ1n) is 8.65. The van der Waals surface area contributed by atoms with Crippen molar-refractivity contribution in [1.82, 2.24) is 9.97 Å². The molecule has 1 aromatic heterocycles. The molecule has 0 saturated heterocycles. The maximum absolute atomic E-state index is 13.5. The van der Waals surface area contributed by atoms with Crippen molar-refractivity contribution in [3.05, 3.63) is 81.4 Å². The highest BCUT2D eigenvalue weighted by molar-refractivity contribution is 6.16. The SMILES string of the molecule is Nc1nc2c(c(=O)[nH]1)[C@H](c1ccc(F)cc1)[C@@H](C(=O)c1ccccc1O)C(=O)N2. The minimum Gasteiger partial charge on any atom is -0.507 e. The Balaban J connectivity index is 1.94. The van der Waals surface area contributed by atoms with Gasteiger partial charge < -0.3 is 16.2 Å². The van der Waals surface area contributed by atoms with Gasteiger partial charge in [-0.1, -0.05) is 24.3 Å². The number of H-pyrrole nitrogens is 1. The summed E-state index contributed by atoms with van der Waals surface area (Å²) in [7, 11) is 0. The molecule has 0 spiro atoms. The fourth-order valence-electron chi connectivity index (χ4n) is 3.55. The summed E-state index contributed by atoms with van der Waals surface area (Å²) in [6.45, 7) is 0. The minimum atomic E-state index is -1.38. The van der Waals surface area contributed by atoms with Gasteiger partial charge >= 0.3 is 0 Å². The van der Waals surface area contributed by atoms with Crippen LogP contribution in [0.15, 0.2) is 53.3 Å². The first-order valence-corrected chi connectivity index (χ1v) is 8.65. The monoisotopic (exact) mass is 394 g/mol. The number of aromatic hydroxyl groups is 1. The molecule has 9 heteroatoms. The van der Waals surface area contributed by atoms with Crippen LogP contribution in [0, 0.1) is 11.7 Å². The van der Waals surface area contributed by atoms with E-state index in [0.717, 1.165) is 0 Å². The average molecular weight is 394 g/mol. The molecule has 1 aliphatic rings. The van der Waals surface area contributed by atoms with Crippen LogP contribution in [0.5, 0.6) is 5.75 Å². The second-order valence-corrected chi connectivity index (χ2v) is 6.59. The molecular weight excluding hydrogens is 379 g/mol. The van der Waals surface area contributed by atoms with Gasteiger partial charge in [-0.25, -0.2) is 4.39 Å². The summed E-state index contributed by atoms with van der Waals surface area (Å²) in [5.74, 6) is -4.89. The van der Waals surface area contributed by atoms with E-state index in [9.17, 15) is 23.9 Å². The Morgan fingerprint density at radius 1 is 1.10 bits per heavy atom. The summed E-state index contributed by atoms with van der Waals surface area (Å²) in [4.78, 5) is 45.1. The molecule has 3 aromatic rings. The van der Waals surface area contributed by atoms with Gasteiger partial charge in [-0.2, -0.15) is 4.98 Å². The third-order valence-corrected chi connectivity index (χ3v) is 4.82. The Kier molecular flexibility index (Phi) is 4.34. The molecular formula is C20H15FN4O4. The highest BCUT2D eigenvalue weighted by atomic mass is 19.1. The number of nitrogens with two attached hydrogens (primary N) is 1. The van der Waals surface area contributed by atoms with E-state index in [1.165, 1.54) is 42.5 Å². The average Bonchev–Trinajstić information content (AvgIpc) is 2.67. The third kappa shape index (κ3) is 3.12. The zero-order valence-electron chi connectivity index (χ0n) is 14.8. The van der Waals surface area contributed by atoms with E-state index in [1.807, 2.05) is 0 Å². The lowest BCUT2D eigenvalue weighted by Crippen LogP contribution is -2.42. The number of para-hydroxylation sites is 1. The predicted molar refractivity (Wildman–Crippen MR) is 102 cm³/mol. The number of rotatable bonds is 3. The van der Waals surface area contributed by atoms with E-state index in [1.54, 1.807) is 6.07 Å². The largest absolute Gasteiger partial charge is 0.507 e. The second kappa shape index (κ2) is 6.86. The minimum absolute atomic E-state index is 0.0270. The molecule has 0 unspecified atom stereocenters. The number of hydrogen-bond acceptors (Lipinski definition) is 6. The third-order valence-electron chi connectivity index (χ3n) is 4.82. The lowest BCUT2D eigenvalue weighted by Gasteiger charge is -2.31. The van der Waals surface area contributed by atoms with Crippen LogP contribution in [0.1, 0.15) is 27.4 Å². The Bertz CT molecular complexity index is 1190. The van der Waals surface area contributed by atoms with Crippen LogP contribution >= 0.6 is 0 Å². The number of fused-ring (bicyclic) bond motifs is 1. The number of nitrogens with one attached hydrogen (secondary N) is 2. The molecule has 0 bridgehead atoms.